The molecule has 0 spiro atoms. The van der Waals surface area contributed by atoms with Gasteiger partial charge in [0.15, 0.2) is 0 Å². The van der Waals surface area contributed by atoms with Gasteiger partial charge >= 0.3 is 0 Å². The Bertz CT molecular complexity index is 736. The van der Waals surface area contributed by atoms with Crippen molar-refractivity contribution < 1.29 is 8.42 Å². The number of hydrogen-bond donors (Lipinski definition) is 1. The highest BCUT2D eigenvalue weighted by Gasteiger charge is 2.23. The Kier molecular flexibility index (Phi) is 4.73. The first-order chi connectivity index (χ1) is 9.85. The second-order valence-corrected chi connectivity index (χ2v) is 7.28. The quantitative estimate of drug-likeness (QED) is 0.821. The number of aromatic nitrogens is 2. The van der Waals surface area contributed by atoms with E-state index in [1.54, 1.807) is 37.7 Å². The molecule has 0 fully saturated rings. The van der Waals surface area contributed by atoms with Gasteiger partial charge in [0.05, 0.1) is 11.4 Å². The van der Waals surface area contributed by atoms with Gasteiger partial charge in [-0.15, -0.1) is 0 Å². The number of halogens is 1. The Labute approximate surface area is 133 Å². The zero-order chi connectivity index (χ0) is 15.6. The van der Waals surface area contributed by atoms with Gasteiger partial charge in [-0.05, 0) is 38.0 Å². The van der Waals surface area contributed by atoms with Crippen molar-refractivity contribution in [1.82, 2.24) is 9.78 Å². The monoisotopic (exact) mass is 371 g/mol. The van der Waals surface area contributed by atoms with Crippen LogP contribution in [0.25, 0.3) is 0 Å². The van der Waals surface area contributed by atoms with Crippen molar-refractivity contribution in [3.63, 3.8) is 0 Å². The topological polar surface area (TPSA) is 64.0 Å². The van der Waals surface area contributed by atoms with Crippen LogP contribution in [0, 0.1) is 13.8 Å². The van der Waals surface area contributed by atoms with Gasteiger partial charge < -0.3 is 0 Å². The van der Waals surface area contributed by atoms with Crippen molar-refractivity contribution in [3.8, 4) is 0 Å². The van der Waals surface area contributed by atoms with Gasteiger partial charge in [-0.3, -0.25) is 9.40 Å². The van der Waals surface area contributed by atoms with Gasteiger partial charge in [-0.25, -0.2) is 8.42 Å². The number of hydrogen-bond acceptors (Lipinski definition) is 3. The van der Waals surface area contributed by atoms with Crippen molar-refractivity contribution in [3.05, 3.63) is 41.2 Å². The molecule has 1 heterocycles. The van der Waals surface area contributed by atoms with Gasteiger partial charge in [0.1, 0.15) is 4.90 Å². The molecule has 21 heavy (non-hydrogen) atoms. The third-order valence-corrected chi connectivity index (χ3v) is 5.33. The van der Waals surface area contributed by atoms with E-state index in [1.165, 1.54) is 0 Å². The molecule has 0 radical (unpaired) electrons. The molecule has 5 nitrogen and oxygen atoms in total. The van der Waals surface area contributed by atoms with Crippen LogP contribution in [0.15, 0.2) is 29.2 Å². The number of benzene rings is 1. The second-order valence-electron chi connectivity index (χ2n) is 4.86. The highest BCUT2D eigenvalue weighted by molar-refractivity contribution is 9.09. The summed E-state index contributed by atoms with van der Waals surface area (Å²) in [5.74, 6) is 0. The molecule has 0 aliphatic rings. The van der Waals surface area contributed by atoms with Gasteiger partial charge in [-0.1, -0.05) is 28.1 Å². The first-order valence-electron chi connectivity index (χ1n) is 6.53. The molecule has 2 aromatic rings. The fraction of sp³-hybridized carbons (Fsp3) is 0.357. The van der Waals surface area contributed by atoms with Gasteiger partial charge in [0.2, 0.25) is 0 Å². The fourth-order valence-electron chi connectivity index (χ4n) is 2.20. The van der Waals surface area contributed by atoms with Gasteiger partial charge in [0.25, 0.3) is 10.0 Å². The van der Waals surface area contributed by atoms with Crippen LogP contribution in [0.2, 0.25) is 0 Å². The number of nitrogens with zero attached hydrogens (tertiary/aromatic N) is 2. The third kappa shape index (κ3) is 3.47. The number of alkyl halides is 1. The van der Waals surface area contributed by atoms with E-state index in [0.29, 0.717) is 17.1 Å². The Morgan fingerprint density at radius 3 is 2.33 bits per heavy atom. The zero-order valence-corrected chi connectivity index (χ0v) is 14.6. The van der Waals surface area contributed by atoms with Crippen LogP contribution in [-0.4, -0.2) is 23.5 Å². The normalized spacial score (nSPS) is 11.6. The van der Waals surface area contributed by atoms with Crippen LogP contribution in [0.4, 0.5) is 5.69 Å². The average Bonchev–Trinajstić information content (AvgIpc) is 2.66. The van der Waals surface area contributed by atoms with E-state index in [2.05, 4.69) is 25.8 Å². The first-order valence-corrected chi connectivity index (χ1v) is 9.13. The van der Waals surface area contributed by atoms with E-state index in [-0.39, 0.29) is 4.90 Å². The van der Waals surface area contributed by atoms with Gasteiger partial charge in [-0.2, -0.15) is 5.10 Å². The van der Waals surface area contributed by atoms with Crippen LogP contribution < -0.4 is 4.72 Å². The number of anilines is 1. The summed E-state index contributed by atoms with van der Waals surface area (Å²) < 4.78 is 29.2. The van der Waals surface area contributed by atoms with Crippen LogP contribution in [-0.2, 0) is 23.5 Å². The molecule has 0 aliphatic heterocycles. The molecule has 114 valence electrons. The molecular formula is C14H18BrN3O2S. The molecule has 0 saturated carbocycles. The van der Waals surface area contributed by atoms with E-state index in [0.717, 1.165) is 17.3 Å². The predicted octanol–water partition coefficient (Wildman–Crippen LogP) is 2.78. The Morgan fingerprint density at radius 1 is 1.24 bits per heavy atom. The molecule has 1 aromatic carbocycles. The van der Waals surface area contributed by atoms with Crippen molar-refractivity contribution in [1.29, 1.82) is 0 Å². The summed E-state index contributed by atoms with van der Waals surface area (Å²) >= 11 is 3.38. The molecule has 1 N–H and O–H groups in total. The lowest BCUT2D eigenvalue weighted by Gasteiger charge is -2.09. The summed E-state index contributed by atoms with van der Waals surface area (Å²) in [5, 5.41) is 5.03. The lowest BCUT2D eigenvalue weighted by molar-refractivity contribution is 0.599. The summed E-state index contributed by atoms with van der Waals surface area (Å²) in [6, 6.07) is 7.39. The van der Waals surface area contributed by atoms with E-state index in [9.17, 15) is 8.42 Å². The summed E-state index contributed by atoms with van der Waals surface area (Å²) in [4.78, 5) is 0.245. The Balaban J connectivity index is 2.29. The van der Waals surface area contributed by atoms with Crippen LogP contribution in [0.5, 0.6) is 0 Å². The minimum absolute atomic E-state index is 0.245. The maximum absolute atomic E-state index is 12.5. The van der Waals surface area contributed by atoms with Crippen molar-refractivity contribution >= 4 is 31.6 Å². The number of sulfonamides is 1. The molecule has 1 aromatic heterocycles. The maximum Gasteiger partial charge on any atom is 0.265 e. The number of aryl methyl sites for hydroxylation is 3. The van der Waals surface area contributed by atoms with Crippen LogP contribution in [0.1, 0.15) is 17.0 Å². The summed E-state index contributed by atoms with van der Waals surface area (Å²) in [6.07, 6.45) is 0.911. The summed E-state index contributed by atoms with van der Waals surface area (Å²) in [7, 11) is -1.89. The smallest absolute Gasteiger partial charge is 0.265 e. The lowest BCUT2D eigenvalue weighted by atomic mass is 10.2. The molecular weight excluding hydrogens is 354 g/mol. The summed E-state index contributed by atoms with van der Waals surface area (Å²) in [5.41, 5.74) is 2.83. The van der Waals surface area contributed by atoms with Crippen LogP contribution >= 0.6 is 15.9 Å². The molecule has 0 saturated heterocycles. The standard InChI is InChI=1S/C14H18BrN3O2S/c1-10-14(11(2)18(3)16-10)21(19,20)17-13-6-4-12(5-7-13)8-9-15/h4-7,17H,8-9H2,1-3H3. The molecule has 0 atom stereocenters. The number of rotatable bonds is 5. The third-order valence-electron chi connectivity index (χ3n) is 3.30. The lowest BCUT2D eigenvalue weighted by Crippen LogP contribution is -2.14. The Morgan fingerprint density at radius 2 is 1.86 bits per heavy atom. The largest absolute Gasteiger partial charge is 0.280 e. The van der Waals surface area contributed by atoms with E-state index >= 15 is 0 Å². The molecule has 0 bridgehead atoms. The van der Waals surface area contributed by atoms with Crippen molar-refractivity contribution in [2.24, 2.45) is 7.05 Å². The molecule has 7 heteroatoms. The maximum atomic E-state index is 12.5. The zero-order valence-electron chi connectivity index (χ0n) is 12.2. The van der Waals surface area contributed by atoms with E-state index in [4.69, 9.17) is 0 Å². The van der Waals surface area contributed by atoms with Crippen molar-refractivity contribution in [2.75, 3.05) is 10.1 Å². The Hall–Kier alpha value is -1.34. The number of nitrogens with one attached hydrogen (secondary N) is 1. The molecule has 0 aliphatic carbocycles. The van der Waals surface area contributed by atoms with E-state index in [1.807, 2.05) is 12.1 Å². The highest BCUT2D eigenvalue weighted by atomic mass is 79.9. The molecule has 2 rings (SSSR count). The highest BCUT2D eigenvalue weighted by Crippen LogP contribution is 2.22. The molecule has 0 amide bonds. The second kappa shape index (κ2) is 6.19. The molecule has 0 unspecified atom stereocenters. The SMILES string of the molecule is Cc1nn(C)c(C)c1S(=O)(=O)Nc1ccc(CCBr)cc1. The summed E-state index contributed by atoms with van der Waals surface area (Å²) in [6.45, 7) is 3.44. The predicted molar refractivity (Wildman–Crippen MR) is 87.4 cm³/mol. The van der Waals surface area contributed by atoms with E-state index < -0.39 is 10.0 Å². The minimum Gasteiger partial charge on any atom is -0.280 e. The average molecular weight is 372 g/mol. The first kappa shape index (κ1) is 16.0. The van der Waals surface area contributed by atoms with Gasteiger partial charge in [0, 0.05) is 18.1 Å². The minimum atomic E-state index is -3.62. The van der Waals surface area contributed by atoms with Crippen LogP contribution in [0.3, 0.4) is 0 Å². The fourth-order valence-corrected chi connectivity index (χ4v) is 4.15. The van der Waals surface area contributed by atoms with Crippen molar-refractivity contribution in [2.45, 2.75) is 25.2 Å².